The van der Waals surface area contributed by atoms with Gasteiger partial charge in [-0.05, 0) is 37.3 Å². The zero-order valence-corrected chi connectivity index (χ0v) is 11.6. The fourth-order valence-corrected chi connectivity index (χ4v) is 2.55. The van der Waals surface area contributed by atoms with Crippen LogP contribution in [-0.4, -0.2) is 38.4 Å². The van der Waals surface area contributed by atoms with E-state index in [0.717, 1.165) is 23.4 Å². The molecule has 0 aliphatic heterocycles. The van der Waals surface area contributed by atoms with Crippen molar-refractivity contribution >= 4 is 11.6 Å². The molecule has 5 heteroatoms. The number of nitrogens with zero attached hydrogens (tertiary/aromatic N) is 3. The fraction of sp³-hybridized carbons (Fsp3) is 0.467. The molecule has 0 spiro atoms. The monoisotopic (exact) mass is 273 g/mol. The number of carboxylic acids is 1. The van der Waals surface area contributed by atoms with Crippen LogP contribution in [-0.2, 0) is 11.3 Å². The molecule has 106 valence electrons. The minimum absolute atomic E-state index is 0.0867. The summed E-state index contributed by atoms with van der Waals surface area (Å²) >= 11 is 0. The molecule has 1 aliphatic carbocycles. The van der Waals surface area contributed by atoms with E-state index in [0.29, 0.717) is 12.5 Å². The first-order valence-electron chi connectivity index (χ1n) is 6.99. The van der Waals surface area contributed by atoms with Crippen LogP contribution in [0, 0.1) is 12.8 Å². The van der Waals surface area contributed by atoms with Crippen LogP contribution in [0.25, 0.3) is 5.65 Å². The van der Waals surface area contributed by atoms with Crippen molar-refractivity contribution in [3.8, 4) is 0 Å². The summed E-state index contributed by atoms with van der Waals surface area (Å²) in [5.74, 6) is -0.0984. The van der Waals surface area contributed by atoms with Crippen molar-refractivity contribution in [2.45, 2.75) is 26.3 Å². The van der Waals surface area contributed by atoms with Gasteiger partial charge in [0.25, 0.3) is 0 Å². The van der Waals surface area contributed by atoms with Crippen LogP contribution in [0.1, 0.15) is 24.1 Å². The molecule has 0 bridgehead atoms. The van der Waals surface area contributed by atoms with Gasteiger partial charge in [0.2, 0.25) is 0 Å². The van der Waals surface area contributed by atoms with Gasteiger partial charge in [0.05, 0.1) is 12.2 Å². The van der Waals surface area contributed by atoms with Crippen molar-refractivity contribution in [2.75, 3.05) is 13.1 Å². The van der Waals surface area contributed by atoms with Crippen LogP contribution < -0.4 is 0 Å². The summed E-state index contributed by atoms with van der Waals surface area (Å²) in [7, 11) is 0. The normalized spacial score (nSPS) is 15.1. The highest BCUT2D eigenvalue weighted by molar-refractivity contribution is 5.69. The highest BCUT2D eigenvalue weighted by Gasteiger charge is 2.25. The molecule has 2 aromatic rings. The maximum atomic E-state index is 11.0. The molecule has 1 aliphatic rings. The Labute approximate surface area is 117 Å². The summed E-state index contributed by atoms with van der Waals surface area (Å²) in [4.78, 5) is 17.6. The van der Waals surface area contributed by atoms with Crippen molar-refractivity contribution in [1.82, 2.24) is 14.3 Å². The average Bonchev–Trinajstić information content (AvgIpc) is 3.07. The third-order valence-corrected chi connectivity index (χ3v) is 3.69. The molecule has 0 saturated heterocycles. The fourth-order valence-electron chi connectivity index (χ4n) is 2.55. The van der Waals surface area contributed by atoms with Gasteiger partial charge in [0.1, 0.15) is 5.65 Å². The van der Waals surface area contributed by atoms with E-state index in [2.05, 4.69) is 4.98 Å². The Bertz CT molecular complexity index is 631. The van der Waals surface area contributed by atoms with Crippen LogP contribution in [0.4, 0.5) is 0 Å². The van der Waals surface area contributed by atoms with E-state index < -0.39 is 5.97 Å². The largest absolute Gasteiger partial charge is 0.480 e. The molecule has 5 nitrogen and oxygen atoms in total. The van der Waals surface area contributed by atoms with Crippen molar-refractivity contribution in [1.29, 1.82) is 0 Å². The number of carboxylic acid groups (broad SMARTS) is 1. The number of aliphatic carboxylic acids is 1. The van der Waals surface area contributed by atoms with Crippen LogP contribution in [0.5, 0.6) is 0 Å². The summed E-state index contributed by atoms with van der Waals surface area (Å²) in [5, 5.41) is 9.01. The van der Waals surface area contributed by atoms with E-state index in [9.17, 15) is 4.79 Å². The van der Waals surface area contributed by atoms with E-state index in [1.807, 2.05) is 40.8 Å². The van der Waals surface area contributed by atoms with Crippen LogP contribution in [0.15, 0.2) is 24.5 Å². The SMILES string of the molecule is Cc1cccn2cc(CN(CC(=O)O)CC3CC3)nc12. The van der Waals surface area contributed by atoms with Crippen molar-refractivity contribution in [3.05, 3.63) is 35.8 Å². The molecule has 20 heavy (non-hydrogen) atoms. The number of rotatable bonds is 6. The first-order valence-corrected chi connectivity index (χ1v) is 6.99. The van der Waals surface area contributed by atoms with Crippen molar-refractivity contribution in [2.24, 2.45) is 5.92 Å². The van der Waals surface area contributed by atoms with Gasteiger partial charge >= 0.3 is 5.97 Å². The number of pyridine rings is 1. The summed E-state index contributed by atoms with van der Waals surface area (Å²) in [6.07, 6.45) is 6.41. The summed E-state index contributed by atoms with van der Waals surface area (Å²) in [6.45, 7) is 3.58. The third-order valence-electron chi connectivity index (χ3n) is 3.69. The number of aromatic nitrogens is 2. The summed E-state index contributed by atoms with van der Waals surface area (Å²) in [6, 6.07) is 4.03. The van der Waals surface area contributed by atoms with Gasteiger partial charge < -0.3 is 9.51 Å². The van der Waals surface area contributed by atoms with Gasteiger partial charge in [0.15, 0.2) is 0 Å². The van der Waals surface area contributed by atoms with Crippen LogP contribution >= 0.6 is 0 Å². The van der Waals surface area contributed by atoms with Gasteiger partial charge in [-0.2, -0.15) is 0 Å². The van der Waals surface area contributed by atoms with E-state index in [-0.39, 0.29) is 6.54 Å². The Balaban J connectivity index is 1.78. The summed E-state index contributed by atoms with van der Waals surface area (Å²) < 4.78 is 2.00. The zero-order valence-electron chi connectivity index (χ0n) is 11.6. The standard InChI is InChI=1S/C15H19N3O2/c1-11-3-2-6-18-9-13(16-15(11)18)8-17(10-14(19)20)7-12-4-5-12/h2-3,6,9,12H,4-5,7-8,10H2,1H3,(H,19,20). The predicted octanol–water partition coefficient (Wildman–Crippen LogP) is 1.94. The highest BCUT2D eigenvalue weighted by atomic mass is 16.4. The molecule has 0 aromatic carbocycles. The second-order valence-electron chi connectivity index (χ2n) is 5.66. The molecule has 1 saturated carbocycles. The third kappa shape index (κ3) is 2.99. The minimum Gasteiger partial charge on any atom is -0.480 e. The van der Waals surface area contributed by atoms with Gasteiger partial charge in [-0.3, -0.25) is 9.69 Å². The molecule has 2 heterocycles. The Morgan fingerprint density at radius 2 is 2.35 bits per heavy atom. The quantitative estimate of drug-likeness (QED) is 0.874. The zero-order chi connectivity index (χ0) is 14.1. The van der Waals surface area contributed by atoms with E-state index in [1.54, 1.807) is 0 Å². The number of fused-ring (bicyclic) bond motifs is 1. The lowest BCUT2D eigenvalue weighted by Crippen LogP contribution is -2.31. The highest BCUT2D eigenvalue weighted by Crippen LogP contribution is 2.30. The van der Waals surface area contributed by atoms with Crippen molar-refractivity contribution < 1.29 is 9.90 Å². The first-order chi connectivity index (χ1) is 9.61. The number of carbonyl (C=O) groups is 1. The molecular formula is C15H19N3O2. The molecular weight excluding hydrogens is 254 g/mol. The molecule has 0 radical (unpaired) electrons. The topological polar surface area (TPSA) is 57.8 Å². The Morgan fingerprint density at radius 3 is 3.00 bits per heavy atom. The molecule has 0 amide bonds. The lowest BCUT2D eigenvalue weighted by Gasteiger charge is -2.18. The van der Waals surface area contributed by atoms with Gasteiger partial charge in [-0.1, -0.05) is 6.07 Å². The minimum atomic E-state index is -0.773. The predicted molar refractivity (Wildman–Crippen MR) is 75.6 cm³/mol. The Morgan fingerprint density at radius 1 is 1.55 bits per heavy atom. The maximum Gasteiger partial charge on any atom is 0.317 e. The van der Waals surface area contributed by atoms with Gasteiger partial charge in [-0.25, -0.2) is 4.98 Å². The molecule has 1 fully saturated rings. The van der Waals surface area contributed by atoms with Crippen LogP contribution in [0.3, 0.4) is 0 Å². The molecule has 1 N–H and O–H groups in total. The van der Waals surface area contributed by atoms with E-state index in [4.69, 9.17) is 5.11 Å². The average molecular weight is 273 g/mol. The summed E-state index contributed by atoms with van der Waals surface area (Å²) in [5.41, 5.74) is 3.01. The molecule has 0 unspecified atom stereocenters. The second-order valence-corrected chi connectivity index (χ2v) is 5.66. The van der Waals surface area contributed by atoms with Gasteiger partial charge in [-0.15, -0.1) is 0 Å². The lowest BCUT2D eigenvalue weighted by molar-refractivity contribution is -0.138. The number of hydrogen-bond acceptors (Lipinski definition) is 3. The lowest BCUT2D eigenvalue weighted by atomic mass is 10.3. The van der Waals surface area contributed by atoms with E-state index >= 15 is 0 Å². The van der Waals surface area contributed by atoms with Crippen LogP contribution in [0.2, 0.25) is 0 Å². The number of hydrogen-bond donors (Lipinski definition) is 1. The van der Waals surface area contributed by atoms with E-state index in [1.165, 1.54) is 12.8 Å². The second kappa shape index (κ2) is 5.25. The maximum absolute atomic E-state index is 11.0. The first kappa shape index (κ1) is 13.1. The molecule has 0 atom stereocenters. The Kier molecular flexibility index (Phi) is 3.44. The molecule has 2 aromatic heterocycles. The number of imidazole rings is 1. The molecule has 3 rings (SSSR count). The van der Waals surface area contributed by atoms with Gasteiger partial charge in [0, 0.05) is 25.5 Å². The Hall–Kier alpha value is -1.88. The number of aryl methyl sites for hydroxylation is 1. The smallest absolute Gasteiger partial charge is 0.317 e. The van der Waals surface area contributed by atoms with Crippen molar-refractivity contribution in [3.63, 3.8) is 0 Å².